The fourth-order valence-corrected chi connectivity index (χ4v) is 0.920. The Morgan fingerprint density at radius 1 is 1.17 bits per heavy atom. The molecule has 1 rings (SSSR count). The maximum Gasteiger partial charge on any atom is 1.00 e. The van der Waals surface area contributed by atoms with Crippen molar-refractivity contribution in [2.24, 2.45) is 0 Å². The van der Waals surface area contributed by atoms with Gasteiger partial charge in [-0.05, 0) is 4.47 Å². The van der Waals surface area contributed by atoms with E-state index in [-0.39, 0.29) is 58.2 Å². The van der Waals surface area contributed by atoms with Crippen molar-refractivity contribution >= 4 is 15.9 Å². The molecular formula is C9H12BrORb. The van der Waals surface area contributed by atoms with Crippen LogP contribution in [0.4, 0.5) is 0 Å². The van der Waals surface area contributed by atoms with E-state index in [1.54, 1.807) is 0 Å². The molecule has 3 heteroatoms. The van der Waals surface area contributed by atoms with Crippen molar-refractivity contribution < 1.29 is 63.3 Å². The number of benzene rings is 1. The average molecular weight is 302 g/mol. The summed E-state index contributed by atoms with van der Waals surface area (Å²) in [6.45, 7) is 2.03. The Bertz CT molecular complexity index is 186. The average Bonchev–Trinajstić information content (AvgIpc) is 2.10. The first-order valence-electron chi connectivity index (χ1n) is 3.32. The Morgan fingerprint density at radius 3 is 1.92 bits per heavy atom. The third-order valence-electron chi connectivity index (χ3n) is 1.20. The van der Waals surface area contributed by atoms with Crippen LogP contribution >= 0.6 is 15.9 Å². The van der Waals surface area contributed by atoms with Gasteiger partial charge in [0.2, 0.25) is 0 Å². The van der Waals surface area contributed by atoms with Crippen LogP contribution in [0.2, 0.25) is 0 Å². The van der Waals surface area contributed by atoms with Gasteiger partial charge in [0, 0.05) is 7.11 Å². The van der Waals surface area contributed by atoms with E-state index in [9.17, 15) is 0 Å². The third-order valence-corrected chi connectivity index (χ3v) is 1.73. The maximum absolute atomic E-state index is 7.00. The molecule has 1 nitrogen and oxygen atoms in total. The molecular weight excluding hydrogens is 289 g/mol. The van der Waals surface area contributed by atoms with Crippen LogP contribution in [0.1, 0.15) is 12.5 Å². The predicted octanol–water partition coefficient (Wildman–Crippen LogP) is -0.366. The maximum atomic E-state index is 7.00. The van der Waals surface area contributed by atoms with Crippen LogP contribution in [0.25, 0.3) is 0 Å². The largest absolute Gasteiger partial charge is 1.00 e. The molecule has 0 spiro atoms. The first kappa shape index (κ1) is 15.8. The van der Waals surface area contributed by atoms with Gasteiger partial charge in [0.1, 0.15) is 0 Å². The second-order valence-electron chi connectivity index (χ2n) is 1.84. The molecule has 0 aliphatic heterocycles. The molecule has 0 saturated heterocycles. The number of hydrogen-bond donors (Lipinski definition) is 1. The summed E-state index contributed by atoms with van der Waals surface area (Å²) in [5.74, 6) is 0. The standard InChI is InChI=1S/C8H8Br.CH4O.Rb/c1-2-7-3-5-8(9)6-4-7;1-2;/h2-6H,1H3;2H,1H3;/q-1;;+1. The zero-order valence-corrected chi connectivity index (χ0v) is 14.2. The minimum Gasteiger partial charge on any atom is -0.400 e. The Hall–Kier alpha value is 1.34. The van der Waals surface area contributed by atoms with Gasteiger partial charge >= 0.3 is 58.2 Å². The number of aliphatic hydroxyl groups excluding tert-OH is 1. The summed E-state index contributed by atoms with van der Waals surface area (Å²) in [7, 11) is 1.00. The summed E-state index contributed by atoms with van der Waals surface area (Å²) in [6, 6.07) is 8.22. The number of hydrogen-bond acceptors (Lipinski definition) is 1. The Kier molecular flexibility index (Phi) is 13.7. The molecule has 0 aliphatic carbocycles. The minimum atomic E-state index is 0. The monoisotopic (exact) mass is 300 g/mol. The Balaban J connectivity index is 0. The van der Waals surface area contributed by atoms with Gasteiger partial charge in [0.25, 0.3) is 0 Å². The van der Waals surface area contributed by atoms with E-state index < -0.39 is 0 Å². The van der Waals surface area contributed by atoms with Gasteiger partial charge in [-0.25, -0.2) is 0 Å². The van der Waals surface area contributed by atoms with Crippen molar-refractivity contribution in [2.45, 2.75) is 6.92 Å². The van der Waals surface area contributed by atoms with Gasteiger partial charge in [-0.3, -0.25) is 0 Å². The first-order valence-corrected chi connectivity index (χ1v) is 4.12. The molecule has 62 valence electrons. The summed E-state index contributed by atoms with van der Waals surface area (Å²) < 4.78 is 1.13. The molecule has 0 amide bonds. The van der Waals surface area contributed by atoms with Crippen LogP contribution in [0, 0.1) is 6.42 Å². The summed E-state index contributed by atoms with van der Waals surface area (Å²) in [5, 5.41) is 7.00. The molecule has 0 bridgehead atoms. The molecule has 1 N–H and O–H groups in total. The van der Waals surface area contributed by atoms with E-state index in [4.69, 9.17) is 5.11 Å². The van der Waals surface area contributed by atoms with E-state index >= 15 is 0 Å². The molecule has 0 saturated carbocycles. The molecule has 1 aromatic rings. The summed E-state index contributed by atoms with van der Waals surface area (Å²) in [6.07, 6.45) is 2.08. The quantitative estimate of drug-likeness (QED) is 0.702. The van der Waals surface area contributed by atoms with Gasteiger partial charge < -0.3 is 5.11 Å². The van der Waals surface area contributed by atoms with Crippen LogP contribution in [-0.4, -0.2) is 12.2 Å². The van der Waals surface area contributed by atoms with Crippen LogP contribution in [-0.2, 0) is 0 Å². The summed E-state index contributed by atoms with van der Waals surface area (Å²) in [4.78, 5) is 0. The van der Waals surface area contributed by atoms with E-state index in [2.05, 4.69) is 34.5 Å². The van der Waals surface area contributed by atoms with Crippen LogP contribution in [0.3, 0.4) is 0 Å². The Morgan fingerprint density at radius 2 is 1.58 bits per heavy atom. The Labute approximate surface area is 131 Å². The molecule has 12 heavy (non-hydrogen) atoms. The zero-order valence-electron chi connectivity index (χ0n) is 7.71. The number of rotatable bonds is 1. The van der Waals surface area contributed by atoms with E-state index in [0.29, 0.717) is 0 Å². The van der Waals surface area contributed by atoms with Gasteiger partial charge in [-0.15, -0.1) is 12.1 Å². The molecule has 0 aliphatic rings. The van der Waals surface area contributed by atoms with Crippen molar-refractivity contribution in [2.75, 3.05) is 7.11 Å². The van der Waals surface area contributed by atoms with Crippen molar-refractivity contribution in [3.63, 3.8) is 0 Å². The van der Waals surface area contributed by atoms with Crippen LogP contribution in [0.15, 0.2) is 28.7 Å². The molecule has 0 aromatic heterocycles. The zero-order chi connectivity index (χ0) is 8.69. The van der Waals surface area contributed by atoms with Gasteiger partial charge in [-0.2, -0.15) is 24.1 Å². The molecule has 1 aromatic carbocycles. The third kappa shape index (κ3) is 6.81. The molecule has 0 heterocycles. The SMILES string of the molecule is CO.C[CH-]c1ccc(Br)cc1.[Rb+]. The second-order valence-corrected chi connectivity index (χ2v) is 2.76. The second kappa shape index (κ2) is 10.4. The normalized spacial score (nSPS) is 7.33. The fourth-order valence-electron chi connectivity index (χ4n) is 0.655. The van der Waals surface area contributed by atoms with Crippen molar-refractivity contribution in [3.05, 3.63) is 40.7 Å². The fraction of sp³-hybridized carbons (Fsp3) is 0.222. The number of halogens is 1. The van der Waals surface area contributed by atoms with Gasteiger partial charge in [-0.1, -0.05) is 22.9 Å². The topological polar surface area (TPSA) is 20.2 Å². The number of aliphatic hydroxyl groups is 1. The van der Waals surface area contributed by atoms with Gasteiger partial charge in [0.15, 0.2) is 0 Å². The van der Waals surface area contributed by atoms with Gasteiger partial charge in [0.05, 0.1) is 0 Å². The van der Waals surface area contributed by atoms with Crippen molar-refractivity contribution in [1.82, 2.24) is 0 Å². The van der Waals surface area contributed by atoms with Crippen LogP contribution < -0.4 is 58.2 Å². The molecule has 0 radical (unpaired) electrons. The van der Waals surface area contributed by atoms with Crippen LogP contribution in [0.5, 0.6) is 0 Å². The molecule has 0 unspecified atom stereocenters. The minimum absolute atomic E-state index is 0. The predicted molar refractivity (Wildman–Crippen MR) is 51.4 cm³/mol. The summed E-state index contributed by atoms with van der Waals surface area (Å²) >= 11 is 3.36. The van der Waals surface area contributed by atoms with Crippen molar-refractivity contribution in [3.8, 4) is 0 Å². The first-order chi connectivity index (χ1) is 5.33. The summed E-state index contributed by atoms with van der Waals surface area (Å²) in [5.41, 5.74) is 1.26. The van der Waals surface area contributed by atoms with E-state index in [0.717, 1.165) is 11.6 Å². The molecule has 0 fully saturated rings. The van der Waals surface area contributed by atoms with E-state index in [1.807, 2.05) is 19.1 Å². The molecule has 0 atom stereocenters. The smallest absolute Gasteiger partial charge is 0.400 e. The van der Waals surface area contributed by atoms with Crippen molar-refractivity contribution in [1.29, 1.82) is 0 Å². The van der Waals surface area contributed by atoms with E-state index in [1.165, 1.54) is 5.56 Å².